The standard InChI is InChI=1S/C25H33N3O6S2/c1-2-22-7-3-4-13-28(22)36(32,33)23-11-9-21(10-12-23)26-19-25(29)20-6-5-8-24(18-20)35(30,31)27-14-16-34-17-15-27/h5-6,8-12,18,22,26H,2-4,7,13-17,19H2,1H3. The number of Topliss-reactive ketones (excluding diaryl/α,β-unsaturated/α-hetero) is 1. The van der Waals surface area contributed by atoms with Gasteiger partial charge in [-0.2, -0.15) is 8.61 Å². The molecule has 0 aromatic heterocycles. The summed E-state index contributed by atoms with van der Waals surface area (Å²) >= 11 is 0. The molecule has 2 aromatic carbocycles. The van der Waals surface area contributed by atoms with Crippen LogP contribution in [0.4, 0.5) is 5.69 Å². The molecule has 0 radical (unpaired) electrons. The Balaban J connectivity index is 1.41. The first-order chi connectivity index (χ1) is 17.2. The van der Waals surface area contributed by atoms with Gasteiger partial charge in [0.15, 0.2) is 5.78 Å². The van der Waals surface area contributed by atoms with Gasteiger partial charge in [0.1, 0.15) is 0 Å². The van der Waals surface area contributed by atoms with E-state index in [4.69, 9.17) is 4.74 Å². The smallest absolute Gasteiger partial charge is 0.243 e. The first-order valence-corrected chi connectivity index (χ1v) is 15.2. The average molecular weight is 536 g/mol. The van der Waals surface area contributed by atoms with Crippen molar-refractivity contribution >= 4 is 31.5 Å². The maximum Gasteiger partial charge on any atom is 0.243 e. The van der Waals surface area contributed by atoms with Gasteiger partial charge in [-0.05, 0) is 55.7 Å². The number of piperidine rings is 1. The number of hydrogen-bond acceptors (Lipinski definition) is 7. The predicted octanol–water partition coefficient (Wildman–Crippen LogP) is 2.96. The summed E-state index contributed by atoms with van der Waals surface area (Å²) in [5.41, 5.74) is 0.886. The molecule has 4 rings (SSSR count). The molecule has 0 aliphatic carbocycles. The van der Waals surface area contributed by atoms with Gasteiger partial charge in [0.25, 0.3) is 0 Å². The van der Waals surface area contributed by atoms with Gasteiger partial charge in [-0.1, -0.05) is 25.5 Å². The number of sulfonamides is 2. The maximum atomic E-state index is 13.1. The van der Waals surface area contributed by atoms with Crippen molar-refractivity contribution in [3.63, 3.8) is 0 Å². The SMILES string of the molecule is CCC1CCCCN1S(=O)(=O)c1ccc(NCC(=O)c2cccc(S(=O)(=O)N3CCOCC3)c2)cc1. The molecule has 2 saturated heterocycles. The Morgan fingerprint density at radius 3 is 2.36 bits per heavy atom. The summed E-state index contributed by atoms with van der Waals surface area (Å²) in [6, 6.07) is 12.5. The lowest BCUT2D eigenvalue weighted by atomic mass is 10.0. The number of hydrogen-bond donors (Lipinski definition) is 1. The van der Waals surface area contributed by atoms with E-state index in [2.05, 4.69) is 5.32 Å². The second-order valence-corrected chi connectivity index (χ2v) is 12.8. The molecular weight excluding hydrogens is 502 g/mol. The van der Waals surface area contributed by atoms with E-state index in [0.717, 1.165) is 25.7 Å². The number of carbonyl (C=O) groups excluding carboxylic acids is 1. The first-order valence-electron chi connectivity index (χ1n) is 12.3. The number of carbonyl (C=O) groups is 1. The van der Waals surface area contributed by atoms with Gasteiger partial charge in [-0.25, -0.2) is 16.8 Å². The largest absolute Gasteiger partial charge is 0.379 e. The van der Waals surface area contributed by atoms with Crippen LogP contribution in [0.25, 0.3) is 0 Å². The zero-order valence-corrected chi connectivity index (χ0v) is 22.1. The third-order valence-electron chi connectivity index (χ3n) is 6.72. The van der Waals surface area contributed by atoms with E-state index in [9.17, 15) is 21.6 Å². The van der Waals surface area contributed by atoms with Gasteiger partial charge in [0, 0.05) is 36.9 Å². The van der Waals surface area contributed by atoms with E-state index in [-0.39, 0.29) is 46.8 Å². The Labute approximate surface area is 213 Å². The number of anilines is 1. The van der Waals surface area contributed by atoms with Gasteiger partial charge < -0.3 is 10.1 Å². The molecule has 0 spiro atoms. The molecule has 2 aromatic rings. The van der Waals surface area contributed by atoms with E-state index in [0.29, 0.717) is 25.4 Å². The van der Waals surface area contributed by atoms with Crippen molar-refractivity contribution in [1.82, 2.24) is 8.61 Å². The van der Waals surface area contributed by atoms with Crippen LogP contribution in [0.15, 0.2) is 58.3 Å². The van der Waals surface area contributed by atoms with Crippen LogP contribution in [0.3, 0.4) is 0 Å². The minimum Gasteiger partial charge on any atom is -0.379 e. The highest BCUT2D eigenvalue weighted by Gasteiger charge is 2.32. The van der Waals surface area contributed by atoms with Gasteiger partial charge >= 0.3 is 0 Å². The molecule has 36 heavy (non-hydrogen) atoms. The van der Waals surface area contributed by atoms with E-state index in [1.165, 1.54) is 16.4 Å². The third kappa shape index (κ3) is 5.81. The second kappa shape index (κ2) is 11.4. The summed E-state index contributed by atoms with van der Waals surface area (Å²) in [7, 11) is -7.27. The van der Waals surface area contributed by atoms with Crippen molar-refractivity contribution in [2.24, 2.45) is 0 Å². The molecule has 2 aliphatic heterocycles. The summed E-state index contributed by atoms with van der Waals surface area (Å²) in [6.45, 7) is 3.75. The van der Waals surface area contributed by atoms with Gasteiger partial charge in [-0.3, -0.25) is 4.79 Å². The van der Waals surface area contributed by atoms with Crippen LogP contribution in [0.1, 0.15) is 43.0 Å². The zero-order valence-electron chi connectivity index (χ0n) is 20.4. The summed E-state index contributed by atoms with van der Waals surface area (Å²) < 4.78 is 60.3. The van der Waals surface area contributed by atoms with Crippen molar-refractivity contribution in [3.05, 3.63) is 54.1 Å². The number of nitrogens with one attached hydrogen (secondary N) is 1. The Hall–Kier alpha value is -2.31. The molecule has 1 N–H and O–H groups in total. The lowest BCUT2D eigenvalue weighted by molar-refractivity contribution is 0.0730. The molecule has 196 valence electrons. The van der Waals surface area contributed by atoms with Crippen LogP contribution >= 0.6 is 0 Å². The maximum absolute atomic E-state index is 13.1. The zero-order chi connectivity index (χ0) is 25.8. The minimum atomic E-state index is -3.70. The lowest BCUT2D eigenvalue weighted by Gasteiger charge is -2.34. The topological polar surface area (TPSA) is 113 Å². The fourth-order valence-corrected chi connectivity index (χ4v) is 7.85. The summed E-state index contributed by atoms with van der Waals surface area (Å²) in [4.78, 5) is 13.1. The van der Waals surface area contributed by atoms with Gasteiger partial charge in [0.05, 0.1) is 29.5 Å². The van der Waals surface area contributed by atoms with Crippen LogP contribution in [-0.2, 0) is 24.8 Å². The van der Waals surface area contributed by atoms with Crippen molar-refractivity contribution < 1.29 is 26.4 Å². The van der Waals surface area contributed by atoms with Crippen LogP contribution in [0.2, 0.25) is 0 Å². The number of ether oxygens (including phenoxy) is 1. The second-order valence-electron chi connectivity index (χ2n) is 9.02. The fourth-order valence-electron chi connectivity index (χ4n) is 4.63. The molecule has 2 aliphatic rings. The van der Waals surface area contributed by atoms with Crippen molar-refractivity contribution in [1.29, 1.82) is 0 Å². The van der Waals surface area contributed by atoms with E-state index in [1.807, 2.05) is 6.92 Å². The number of nitrogens with zero attached hydrogens (tertiary/aromatic N) is 2. The molecule has 0 bridgehead atoms. The monoisotopic (exact) mass is 535 g/mol. The van der Waals surface area contributed by atoms with Gasteiger partial charge in [-0.15, -0.1) is 0 Å². The van der Waals surface area contributed by atoms with E-state index >= 15 is 0 Å². The normalized spacial score (nSPS) is 20.2. The van der Waals surface area contributed by atoms with Crippen LogP contribution in [-0.4, -0.2) is 76.7 Å². The van der Waals surface area contributed by atoms with Gasteiger partial charge in [0.2, 0.25) is 20.0 Å². The minimum absolute atomic E-state index is 0.0296. The molecular formula is C25H33N3O6S2. The molecule has 2 fully saturated rings. The summed E-state index contributed by atoms with van der Waals surface area (Å²) in [5.74, 6) is -0.273. The Kier molecular flexibility index (Phi) is 8.46. The predicted molar refractivity (Wildman–Crippen MR) is 137 cm³/mol. The Bertz CT molecular complexity index is 1270. The highest BCUT2D eigenvalue weighted by Crippen LogP contribution is 2.27. The fraction of sp³-hybridized carbons (Fsp3) is 0.480. The van der Waals surface area contributed by atoms with Crippen LogP contribution in [0, 0.1) is 0 Å². The average Bonchev–Trinajstić information content (AvgIpc) is 2.92. The molecule has 2 heterocycles. The quantitative estimate of drug-likeness (QED) is 0.491. The lowest BCUT2D eigenvalue weighted by Crippen LogP contribution is -2.43. The number of rotatable bonds is 9. The van der Waals surface area contributed by atoms with E-state index in [1.54, 1.807) is 40.7 Å². The number of benzene rings is 2. The highest BCUT2D eigenvalue weighted by atomic mass is 32.2. The van der Waals surface area contributed by atoms with Crippen LogP contribution < -0.4 is 5.32 Å². The molecule has 1 atom stereocenters. The number of morpholine rings is 1. The highest BCUT2D eigenvalue weighted by molar-refractivity contribution is 7.89. The van der Waals surface area contributed by atoms with Crippen LogP contribution in [0.5, 0.6) is 0 Å². The molecule has 1 unspecified atom stereocenters. The Morgan fingerprint density at radius 1 is 0.944 bits per heavy atom. The molecule has 9 nitrogen and oxygen atoms in total. The third-order valence-corrected chi connectivity index (χ3v) is 10.6. The van der Waals surface area contributed by atoms with E-state index < -0.39 is 20.0 Å². The van der Waals surface area contributed by atoms with Crippen molar-refractivity contribution in [2.45, 2.75) is 48.4 Å². The van der Waals surface area contributed by atoms with Crippen molar-refractivity contribution in [2.75, 3.05) is 44.7 Å². The molecule has 0 saturated carbocycles. The first kappa shape index (κ1) is 26.7. The summed E-state index contributed by atoms with van der Waals surface area (Å²) in [6.07, 6.45) is 3.58. The molecule has 11 heteroatoms. The summed E-state index contributed by atoms with van der Waals surface area (Å²) in [5, 5.41) is 3.01. The number of ketones is 1. The van der Waals surface area contributed by atoms with Crippen molar-refractivity contribution in [3.8, 4) is 0 Å². The molecule has 0 amide bonds. The Morgan fingerprint density at radius 2 is 1.67 bits per heavy atom.